The Morgan fingerprint density at radius 1 is 1.39 bits per heavy atom. The molecule has 1 fully saturated rings. The van der Waals surface area contributed by atoms with Crippen molar-refractivity contribution in [3.63, 3.8) is 0 Å². The van der Waals surface area contributed by atoms with Gasteiger partial charge in [0, 0.05) is 12.7 Å². The summed E-state index contributed by atoms with van der Waals surface area (Å²) in [4.78, 5) is 7.98. The minimum absolute atomic E-state index is 0.244. The molecule has 0 aromatic carbocycles. The Hall–Kier alpha value is -0.390. The predicted octanol–water partition coefficient (Wildman–Crippen LogP) is 3.65. The van der Waals surface area contributed by atoms with Crippen molar-refractivity contribution in [2.24, 2.45) is 0 Å². The average molecular weight is 335 g/mol. The van der Waals surface area contributed by atoms with Crippen LogP contribution in [0.15, 0.2) is 10.7 Å². The van der Waals surface area contributed by atoms with Gasteiger partial charge in [-0.1, -0.05) is 19.3 Å². The standard InChI is InChI=1S/C12H17BrClN3O/c13-10-8-16-12(14)17-11(10)15-6-7-18-9-4-2-1-3-5-9/h8-9H,1-7H2,(H,15,16,17). The van der Waals surface area contributed by atoms with Crippen LogP contribution in [0.4, 0.5) is 5.82 Å². The highest BCUT2D eigenvalue weighted by Gasteiger charge is 2.13. The first-order valence-electron chi connectivity index (χ1n) is 6.29. The van der Waals surface area contributed by atoms with Gasteiger partial charge in [0.1, 0.15) is 5.82 Å². The number of nitrogens with zero attached hydrogens (tertiary/aromatic N) is 2. The van der Waals surface area contributed by atoms with E-state index in [1.807, 2.05) is 0 Å². The Morgan fingerprint density at radius 2 is 2.17 bits per heavy atom. The largest absolute Gasteiger partial charge is 0.376 e. The zero-order valence-electron chi connectivity index (χ0n) is 10.2. The van der Waals surface area contributed by atoms with Gasteiger partial charge in [-0.05, 0) is 40.4 Å². The molecule has 0 bridgehead atoms. The van der Waals surface area contributed by atoms with Crippen LogP contribution in [0.25, 0.3) is 0 Å². The quantitative estimate of drug-likeness (QED) is 0.659. The first-order valence-corrected chi connectivity index (χ1v) is 7.46. The van der Waals surface area contributed by atoms with Gasteiger partial charge in [0.2, 0.25) is 5.28 Å². The maximum atomic E-state index is 5.82. The molecule has 1 saturated carbocycles. The molecular formula is C12H17BrClN3O. The van der Waals surface area contributed by atoms with Gasteiger partial charge in [-0.2, -0.15) is 4.98 Å². The number of halogens is 2. The molecule has 1 aliphatic carbocycles. The molecule has 1 aromatic heterocycles. The van der Waals surface area contributed by atoms with Crippen molar-refractivity contribution in [1.29, 1.82) is 0 Å². The van der Waals surface area contributed by atoms with Gasteiger partial charge in [0.05, 0.1) is 17.2 Å². The molecule has 0 amide bonds. The van der Waals surface area contributed by atoms with Crippen molar-refractivity contribution in [3.05, 3.63) is 16.0 Å². The number of hydrogen-bond donors (Lipinski definition) is 1. The van der Waals surface area contributed by atoms with Crippen molar-refractivity contribution in [2.75, 3.05) is 18.5 Å². The van der Waals surface area contributed by atoms with E-state index in [0.29, 0.717) is 18.5 Å². The molecule has 0 spiro atoms. The van der Waals surface area contributed by atoms with E-state index in [1.165, 1.54) is 32.1 Å². The van der Waals surface area contributed by atoms with E-state index in [1.54, 1.807) is 6.20 Å². The lowest BCUT2D eigenvalue weighted by Crippen LogP contribution is -2.20. The van der Waals surface area contributed by atoms with Gasteiger partial charge in [-0.15, -0.1) is 0 Å². The second-order valence-electron chi connectivity index (χ2n) is 4.39. The lowest BCUT2D eigenvalue weighted by Gasteiger charge is -2.22. The fraction of sp³-hybridized carbons (Fsp3) is 0.667. The summed E-state index contributed by atoms with van der Waals surface area (Å²) in [5.74, 6) is 0.710. The molecule has 0 atom stereocenters. The van der Waals surface area contributed by atoms with E-state index >= 15 is 0 Å². The predicted molar refractivity (Wildman–Crippen MR) is 76.1 cm³/mol. The third-order valence-corrected chi connectivity index (χ3v) is 3.78. The molecule has 100 valence electrons. The second kappa shape index (κ2) is 7.26. The zero-order valence-corrected chi connectivity index (χ0v) is 12.5. The topological polar surface area (TPSA) is 47.0 Å². The molecule has 1 N–H and O–H groups in total. The molecule has 0 radical (unpaired) electrons. The van der Waals surface area contributed by atoms with Gasteiger partial charge in [0.15, 0.2) is 0 Å². The van der Waals surface area contributed by atoms with E-state index < -0.39 is 0 Å². The number of aromatic nitrogens is 2. The lowest BCUT2D eigenvalue weighted by molar-refractivity contribution is 0.0347. The van der Waals surface area contributed by atoms with E-state index in [2.05, 4.69) is 31.2 Å². The van der Waals surface area contributed by atoms with Crippen LogP contribution in [-0.4, -0.2) is 29.2 Å². The van der Waals surface area contributed by atoms with Crippen molar-refractivity contribution in [2.45, 2.75) is 38.2 Å². The Morgan fingerprint density at radius 3 is 2.94 bits per heavy atom. The van der Waals surface area contributed by atoms with Gasteiger partial charge < -0.3 is 10.1 Å². The summed E-state index contributed by atoms with van der Waals surface area (Å²) in [6.45, 7) is 1.42. The second-order valence-corrected chi connectivity index (χ2v) is 5.59. The highest BCUT2D eigenvalue weighted by Crippen LogP contribution is 2.21. The van der Waals surface area contributed by atoms with Gasteiger partial charge in [-0.25, -0.2) is 4.98 Å². The summed E-state index contributed by atoms with van der Waals surface area (Å²) in [5, 5.41) is 3.43. The zero-order chi connectivity index (χ0) is 12.8. The monoisotopic (exact) mass is 333 g/mol. The number of ether oxygens (including phenoxy) is 1. The van der Waals surface area contributed by atoms with Gasteiger partial charge in [0.25, 0.3) is 0 Å². The molecule has 1 heterocycles. The SMILES string of the molecule is Clc1ncc(Br)c(NCCOC2CCCCC2)n1. The van der Waals surface area contributed by atoms with Crippen LogP contribution in [0.3, 0.4) is 0 Å². The van der Waals surface area contributed by atoms with Crippen LogP contribution in [0, 0.1) is 0 Å². The Bertz CT molecular complexity index is 386. The minimum atomic E-state index is 0.244. The molecule has 1 aromatic rings. The Kier molecular flexibility index (Phi) is 5.66. The molecule has 18 heavy (non-hydrogen) atoms. The van der Waals surface area contributed by atoms with Gasteiger partial charge in [-0.3, -0.25) is 0 Å². The third kappa shape index (κ3) is 4.37. The van der Waals surface area contributed by atoms with E-state index in [9.17, 15) is 0 Å². The highest BCUT2D eigenvalue weighted by molar-refractivity contribution is 9.10. The summed E-state index contributed by atoms with van der Waals surface area (Å²) in [7, 11) is 0. The first kappa shape index (κ1) is 14.0. The van der Waals surface area contributed by atoms with Crippen LogP contribution in [0.2, 0.25) is 5.28 Å². The first-order chi connectivity index (χ1) is 8.75. The third-order valence-electron chi connectivity index (χ3n) is 3.01. The van der Waals surface area contributed by atoms with Crippen LogP contribution in [-0.2, 0) is 4.74 Å². The van der Waals surface area contributed by atoms with E-state index in [-0.39, 0.29) is 5.28 Å². The number of nitrogens with one attached hydrogen (secondary N) is 1. The summed E-state index contributed by atoms with van der Waals surface area (Å²) < 4.78 is 6.63. The number of hydrogen-bond acceptors (Lipinski definition) is 4. The summed E-state index contributed by atoms with van der Waals surface area (Å²) in [6, 6.07) is 0. The molecule has 1 aliphatic rings. The number of anilines is 1. The van der Waals surface area contributed by atoms with Crippen molar-refractivity contribution >= 4 is 33.3 Å². The fourth-order valence-electron chi connectivity index (χ4n) is 2.10. The molecule has 2 rings (SSSR count). The van der Waals surface area contributed by atoms with E-state index in [0.717, 1.165) is 11.0 Å². The van der Waals surface area contributed by atoms with Gasteiger partial charge >= 0.3 is 0 Å². The van der Waals surface area contributed by atoms with Crippen molar-refractivity contribution < 1.29 is 4.74 Å². The number of rotatable bonds is 5. The van der Waals surface area contributed by atoms with E-state index in [4.69, 9.17) is 16.3 Å². The summed E-state index contributed by atoms with van der Waals surface area (Å²) in [6.07, 6.45) is 8.42. The summed E-state index contributed by atoms with van der Waals surface area (Å²) >= 11 is 9.11. The highest BCUT2D eigenvalue weighted by atomic mass is 79.9. The normalized spacial score (nSPS) is 16.8. The summed E-state index contributed by atoms with van der Waals surface area (Å²) in [5.41, 5.74) is 0. The van der Waals surface area contributed by atoms with Crippen molar-refractivity contribution in [1.82, 2.24) is 9.97 Å². The van der Waals surface area contributed by atoms with Crippen LogP contribution in [0.1, 0.15) is 32.1 Å². The lowest BCUT2D eigenvalue weighted by atomic mass is 9.98. The molecular weight excluding hydrogens is 318 g/mol. The minimum Gasteiger partial charge on any atom is -0.376 e. The molecule has 0 aliphatic heterocycles. The van der Waals surface area contributed by atoms with Crippen LogP contribution >= 0.6 is 27.5 Å². The molecule has 4 nitrogen and oxygen atoms in total. The Labute approximate surface area is 121 Å². The average Bonchev–Trinajstić information content (AvgIpc) is 2.40. The molecule has 0 unspecified atom stereocenters. The molecule has 6 heteroatoms. The maximum absolute atomic E-state index is 5.82. The fourth-order valence-corrected chi connectivity index (χ4v) is 2.56. The van der Waals surface area contributed by atoms with Crippen LogP contribution in [0.5, 0.6) is 0 Å². The molecule has 0 saturated heterocycles. The maximum Gasteiger partial charge on any atom is 0.224 e. The van der Waals surface area contributed by atoms with Crippen molar-refractivity contribution in [3.8, 4) is 0 Å². The van der Waals surface area contributed by atoms with Crippen LogP contribution < -0.4 is 5.32 Å². The Balaban J connectivity index is 1.69. The smallest absolute Gasteiger partial charge is 0.224 e.